The number of nitrogens with zero attached hydrogens (tertiary/aromatic N) is 1. The van der Waals surface area contributed by atoms with Gasteiger partial charge in [0.1, 0.15) is 0 Å². The molecule has 2 nitrogen and oxygen atoms in total. The van der Waals surface area contributed by atoms with Crippen LogP contribution in [-0.2, 0) is 0 Å². The molecule has 0 spiro atoms. The summed E-state index contributed by atoms with van der Waals surface area (Å²) in [4.78, 5) is 2.48. The van der Waals surface area contributed by atoms with Crippen molar-refractivity contribution in [1.82, 2.24) is 10.2 Å². The summed E-state index contributed by atoms with van der Waals surface area (Å²) >= 11 is 0. The fraction of sp³-hybridized carbons (Fsp3) is 1.00. The fourth-order valence-corrected chi connectivity index (χ4v) is 2.37. The van der Waals surface area contributed by atoms with Crippen molar-refractivity contribution >= 4 is 0 Å². The summed E-state index contributed by atoms with van der Waals surface area (Å²) in [6.45, 7) is 5.96. The smallest absolute Gasteiger partial charge is 0.0104 e. The molecule has 0 atom stereocenters. The first-order chi connectivity index (χ1) is 8.83. The molecular weight excluding hydrogens is 220 g/mol. The van der Waals surface area contributed by atoms with Gasteiger partial charge in [0.2, 0.25) is 0 Å². The van der Waals surface area contributed by atoms with E-state index < -0.39 is 0 Å². The minimum Gasteiger partial charge on any atom is -0.313 e. The number of rotatable bonds is 13. The second-order valence-electron chi connectivity index (χ2n) is 6.01. The molecule has 0 heterocycles. The molecule has 18 heavy (non-hydrogen) atoms. The molecule has 1 aliphatic rings. The van der Waals surface area contributed by atoms with E-state index >= 15 is 0 Å². The van der Waals surface area contributed by atoms with Gasteiger partial charge in [0.15, 0.2) is 0 Å². The van der Waals surface area contributed by atoms with Crippen LogP contribution in [0.5, 0.6) is 0 Å². The van der Waals surface area contributed by atoms with Crippen molar-refractivity contribution in [3.05, 3.63) is 0 Å². The zero-order valence-electron chi connectivity index (χ0n) is 12.7. The normalized spacial score (nSPS) is 15.5. The van der Waals surface area contributed by atoms with Crippen LogP contribution in [0.25, 0.3) is 0 Å². The maximum absolute atomic E-state index is 3.58. The van der Waals surface area contributed by atoms with Gasteiger partial charge in [-0.05, 0) is 32.9 Å². The maximum Gasteiger partial charge on any atom is 0.0104 e. The van der Waals surface area contributed by atoms with E-state index in [0.717, 1.165) is 6.04 Å². The van der Waals surface area contributed by atoms with E-state index in [2.05, 4.69) is 24.2 Å². The van der Waals surface area contributed by atoms with Crippen LogP contribution < -0.4 is 5.32 Å². The highest BCUT2D eigenvalue weighted by atomic mass is 15.1. The van der Waals surface area contributed by atoms with E-state index in [1.807, 2.05) is 0 Å². The number of nitrogens with one attached hydrogen (secondary N) is 1. The first-order valence-corrected chi connectivity index (χ1v) is 8.25. The van der Waals surface area contributed by atoms with Gasteiger partial charge in [0, 0.05) is 19.1 Å². The van der Waals surface area contributed by atoms with Crippen molar-refractivity contribution in [2.24, 2.45) is 0 Å². The van der Waals surface area contributed by atoms with Crippen LogP contribution in [0.1, 0.15) is 71.1 Å². The lowest BCUT2D eigenvalue weighted by Gasteiger charge is -2.16. The molecule has 0 bridgehead atoms. The molecule has 1 rings (SSSR count). The third-order valence-electron chi connectivity index (χ3n) is 3.90. The Morgan fingerprint density at radius 2 is 1.50 bits per heavy atom. The molecule has 0 aromatic rings. The highest BCUT2D eigenvalue weighted by Gasteiger charge is 2.19. The van der Waals surface area contributed by atoms with E-state index in [-0.39, 0.29) is 0 Å². The van der Waals surface area contributed by atoms with Crippen molar-refractivity contribution < 1.29 is 0 Å². The molecule has 1 aliphatic carbocycles. The van der Waals surface area contributed by atoms with Gasteiger partial charge in [-0.3, -0.25) is 0 Å². The largest absolute Gasteiger partial charge is 0.313 e. The number of hydrogen-bond acceptors (Lipinski definition) is 2. The minimum atomic E-state index is 0.863. The average molecular weight is 254 g/mol. The van der Waals surface area contributed by atoms with Crippen molar-refractivity contribution in [2.45, 2.75) is 77.2 Å². The van der Waals surface area contributed by atoms with E-state index in [1.54, 1.807) is 0 Å². The van der Waals surface area contributed by atoms with Crippen molar-refractivity contribution in [3.8, 4) is 0 Å². The predicted octanol–water partition coefficient (Wildman–Crippen LogP) is 3.81. The topological polar surface area (TPSA) is 15.3 Å². The molecule has 1 saturated carbocycles. The molecule has 0 aromatic heterocycles. The van der Waals surface area contributed by atoms with Crippen LogP contribution in [0.2, 0.25) is 0 Å². The molecule has 0 unspecified atom stereocenters. The third-order valence-corrected chi connectivity index (χ3v) is 3.90. The first-order valence-electron chi connectivity index (χ1n) is 8.25. The van der Waals surface area contributed by atoms with Gasteiger partial charge in [-0.15, -0.1) is 0 Å². The number of hydrogen-bond donors (Lipinski definition) is 1. The lowest BCUT2D eigenvalue weighted by Crippen LogP contribution is -2.30. The van der Waals surface area contributed by atoms with Crippen LogP contribution in [-0.4, -0.2) is 37.6 Å². The van der Waals surface area contributed by atoms with E-state index in [9.17, 15) is 0 Å². The Hall–Kier alpha value is -0.0800. The second-order valence-corrected chi connectivity index (χ2v) is 6.01. The Morgan fingerprint density at radius 1 is 0.889 bits per heavy atom. The van der Waals surface area contributed by atoms with E-state index in [1.165, 1.54) is 83.8 Å². The molecule has 1 fully saturated rings. The molecule has 0 aromatic carbocycles. The van der Waals surface area contributed by atoms with Crippen LogP contribution in [0, 0.1) is 0 Å². The van der Waals surface area contributed by atoms with Gasteiger partial charge in [-0.2, -0.15) is 0 Å². The Balaban J connectivity index is 1.73. The van der Waals surface area contributed by atoms with E-state index in [4.69, 9.17) is 0 Å². The summed E-state index contributed by atoms with van der Waals surface area (Å²) in [5.41, 5.74) is 0. The summed E-state index contributed by atoms with van der Waals surface area (Å²) in [6, 6.07) is 0.863. The molecule has 0 radical (unpaired) electrons. The summed E-state index contributed by atoms with van der Waals surface area (Å²) in [7, 11) is 2.26. The summed E-state index contributed by atoms with van der Waals surface area (Å²) in [6.07, 6.45) is 14.2. The van der Waals surface area contributed by atoms with Crippen LogP contribution in [0.3, 0.4) is 0 Å². The van der Waals surface area contributed by atoms with Crippen LogP contribution in [0.4, 0.5) is 0 Å². The SMILES string of the molecule is CCCCCCCCCCN(C)CCNC1CC1. The van der Waals surface area contributed by atoms with Crippen LogP contribution >= 0.6 is 0 Å². The van der Waals surface area contributed by atoms with Gasteiger partial charge in [-0.25, -0.2) is 0 Å². The third kappa shape index (κ3) is 9.90. The summed E-state index contributed by atoms with van der Waals surface area (Å²) in [5, 5.41) is 3.58. The molecule has 108 valence electrons. The van der Waals surface area contributed by atoms with Crippen molar-refractivity contribution in [3.63, 3.8) is 0 Å². The predicted molar refractivity (Wildman–Crippen MR) is 81.1 cm³/mol. The Morgan fingerprint density at radius 3 is 2.11 bits per heavy atom. The van der Waals surface area contributed by atoms with E-state index in [0.29, 0.717) is 0 Å². The highest BCUT2D eigenvalue weighted by molar-refractivity contribution is 4.80. The number of unbranched alkanes of at least 4 members (excludes halogenated alkanes) is 7. The lowest BCUT2D eigenvalue weighted by atomic mass is 10.1. The quantitative estimate of drug-likeness (QED) is 0.503. The van der Waals surface area contributed by atoms with Crippen molar-refractivity contribution in [2.75, 3.05) is 26.7 Å². The first kappa shape index (κ1) is 16.0. The fourth-order valence-electron chi connectivity index (χ4n) is 2.37. The van der Waals surface area contributed by atoms with Gasteiger partial charge in [0.05, 0.1) is 0 Å². The molecule has 2 heteroatoms. The molecule has 1 N–H and O–H groups in total. The summed E-state index contributed by atoms with van der Waals surface area (Å²) in [5.74, 6) is 0. The van der Waals surface area contributed by atoms with Gasteiger partial charge < -0.3 is 10.2 Å². The highest BCUT2D eigenvalue weighted by Crippen LogP contribution is 2.17. The van der Waals surface area contributed by atoms with Gasteiger partial charge in [0.25, 0.3) is 0 Å². The molecular formula is C16H34N2. The van der Waals surface area contributed by atoms with Gasteiger partial charge in [-0.1, -0.05) is 51.9 Å². The Kier molecular flexibility index (Phi) is 9.59. The molecule has 0 amide bonds. The van der Waals surface area contributed by atoms with Gasteiger partial charge >= 0.3 is 0 Å². The number of likely N-dealkylation sites (N-methyl/N-ethyl adjacent to an activating group) is 1. The monoisotopic (exact) mass is 254 g/mol. The zero-order chi connectivity index (χ0) is 13.1. The lowest BCUT2D eigenvalue weighted by molar-refractivity contribution is 0.321. The zero-order valence-corrected chi connectivity index (χ0v) is 12.7. The second kappa shape index (κ2) is 10.8. The Bertz CT molecular complexity index is 178. The summed E-state index contributed by atoms with van der Waals surface area (Å²) < 4.78 is 0. The maximum atomic E-state index is 3.58. The standard InChI is InChI=1S/C16H34N2/c1-3-4-5-6-7-8-9-10-14-18(2)15-13-17-16-11-12-16/h16-17H,3-15H2,1-2H3. The Labute approximate surface area is 115 Å². The van der Waals surface area contributed by atoms with Crippen molar-refractivity contribution in [1.29, 1.82) is 0 Å². The molecule has 0 saturated heterocycles. The minimum absolute atomic E-state index is 0.863. The van der Waals surface area contributed by atoms with Crippen LogP contribution in [0.15, 0.2) is 0 Å². The molecule has 0 aliphatic heterocycles. The average Bonchev–Trinajstić information content (AvgIpc) is 3.17.